The third-order valence-electron chi connectivity index (χ3n) is 3.07. The van der Waals surface area contributed by atoms with Crippen molar-refractivity contribution in [3.05, 3.63) is 0 Å². The topological polar surface area (TPSA) is 83.5 Å². The molecule has 1 aliphatic heterocycles. The van der Waals surface area contributed by atoms with Gasteiger partial charge in [-0.05, 0) is 27.7 Å². The highest BCUT2D eigenvalue weighted by Gasteiger charge is 2.52. The van der Waals surface area contributed by atoms with Crippen molar-refractivity contribution in [3.63, 3.8) is 0 Å². The highest BCUT2D eigenvalue weighted by Crippen LogP contribution is 2.64. The average Bonchev–Trinajstić information content (AvgIpc) is 2.83. The van der Waals surface area contributed by atoms with Crippen LogP contribution in [0.25, 0.3) is 0 Å². The summed E-state index contributed by atoms with van der Waals surface area (Å²) < 4.78 is 46.9. The van der Waals surface area contributed by atoms with Gasteiger partial charge in [-0.25, -0.2) is 0 Å². The maximum atomic E-state index is 12.9. The van der Waals surface area contributed by atoms with Crippen LogP contribution in [-0.4, -0.2) is 50.2 Å². The van der Waals surface area contributed by atoms with E-state index in [4.69, 9.17) is 22.9 Å². The highest BCUT2D eigenvalue weighted by molar-refractivity contribution is 7.55. The zero-order chi connectivity index (χ0) is 16.8. The molecule has 0 spiro atoms. The summed E-state index contributed by atoms with van der Waals surface area (Å²) in [6.45, 7) is 7.91. The summed E-state index contributed by atoms with van der Waals surface area (Å²) in [4.78, 5) is 5.57. The molecule has 1 heterocycles. The van der Waals surface area contributed by atoms with Gasteiger partial charge in [-0.3, -0.25) is 14.0 Å². The van der Waals surface area contributed by atoms with Gasteiger partial charge in [-0.2, -0.15) is 5.06 Å². The van der Waals surface area contributed by atoms with Crippen LogP contribution in [0.2, 0.25) is 0 Å². The molecule has 0 bridgehead atoms. The zero-order valence-corrected chi connectivity index (χ0v) is 15.7. The van der Waals surface area contributed by atoms with E-state index in [0.717, 1.165) is 0 Å². The lowest BCUT2D eigenvalue weighted by molar-refractivity contribution is -0.119. The molecule has 0 amide bonds. The summed E-state index contributed by atoms with van der Waals surface area (Å²) in [6.07, 6.45) is 0.186. The van der Waals surface area contributed by atoms with Gasteiger partial charge in [-0.1, -0.05) is 0 Å². The van der Waals surface area contributed by atoms with Crippen molar-refractivity contribution in [2.24, 2.45) is 0 Å². The molecular weight excluding hydrogens is 332 g/mol. The number of nitrogens with zero attached hydrogens (tertiary/aromatic N) is 1. The number of hydroxylamine groups is 2. The number of hydrogen-bond donors (Lipinski definition) is 0. The van der Waals surface area contributed by atoms with Crippen LogP contribution in [0.3, 0.4) is 0 Å². The van der Waals surface area contributed by atoms with E-state index in [9.17, 15) is 9.13 Å². The largest absolute Gasteiger partial charge is 0.361 e. The second-order valence-electron chi connectivity index (χ2n) is 4.57. The van der Waals surface area contributed by atoms with Crippen LogP contribution in [0.4, 0.5) is 0 Å². The van der Waals surface area contributed by atoms with Gasteiger partial charge in [-0.15, -0.1) is 0 Å². The highest BCUT2D eigenvalue weighted by atomic mass is 31.2. The second-order valence-corrected chi connectivity index (χ2v) is 8.94. The molecule has 132 valence electrons. The van der Waals surface area contributed by atoms with Crippen molar-refractivity contribution in [2.75, 3.05) is 33.5 Å². The van der Waals surface area contributed by atoms with Crippen LogP contribution in [0, 0.1) is 0 Å². The van der Waals surface area contributed by atoms with Gasteiger partial charge < -0.3 is 18.1 Å². The maximum absolute atomic E-state index is 12.9. The third kappa shape index (κ3) is 4.62. The van der Waals surface area contributed by atoms with Gasteiger partial charge >= 0.3 is 15.2 Å². The van der Waals surface area contributed by atoms with Crippen LogP contribution < -0.4 is 0 Å². The van der Waals surface area contributed by atoms with E-state index in [1.54, 1.807) is 34.7 Å². The summed E-state index contributed by atoms with van der Waals surface area (Å²) in [5, 5.41) is 1.38. The Morgan fingerprint density at radius 1 is 0.909 bits per heavy atom. The van der Waals surface area contributed by atoms with Crippen LogP contribution >= 0.6 is 15.2 Å². The van der Waals surface area contributed by atoms with E-state index < -0.39 is 26.8 Å². The molecule has 1 fully saturated rings. The van der Waals surface area contributed by atoms with Gasteiger partial charge in [0.15, 0.2) is 5.85 Å². The van der Waals surface area contributed by atoms with E-state index in [1.165, 1.54) is 5.06 Å². The van der Waals surface area contributed by atoms with Gasteiger partial charge in [0.25, 0.3) is 0 Å². The molecular formula is C12H27NO7P2. The molecule has 1 rings (SSSR count). The summed E-state index contributed by atoms with van der Waals surface area (Å²) >= 11 is 0. The van der Waals surface area contributed by atoms with Crippen LogP contribution in [-0.2, 0) is 32.1 Å². The van der Waals surface area contributed by atoms with Crippen LogP contribution in [0.15, 0.2) is 0 Å². The third-order valence-corrected chi connectivity index (χ3v) is 7.82. The van der Waals surface area contributed by atoms with Crippen molar-refractivity contribution in [2.45, 2.75) is 45.7 Å². The van der Waals surface area contributed by atoms with Gasteiger partial charge in [0, 0.05) is 13.5 Å². The minimum atomic E-state index is -3.45. The van der Waals surface area contributed by atoms with E-state index in [1.807, 2.05) is 0 Å². The molecule has 10 heteroatoms. The molecule has 0 radical (unpaired) electrons. The molecule has 0 aromatic rings. The molecule has 8 nitrogen and oxygen atoms in total. The normalized spacial score (nSPS) is 24.0. The molecule has 0 unspecified atom stereocenters. The summed E-state index contributed by atoms with van der Waals surface area (Å²) in [5.74, 6) is -1.47. The summed E-state index contributed by atoms with van der Waals surface area (Å²) in [7, 11) is -5.24. The predicted octanol–water partition coefficient (Wildman–Crippen LogP) is 3.44. The molecule has 0 saturated carbocycles. The zero-order valence-electron chi connectivity index (χ0n) is 13.9. The van der Waals surface area contributed by atoms with Gasteiger partial charge in [0.1, 0.15) is 5.78 Å². The molecule has 0 aromatic carbocycles. The molecule has 1 saturated heterocycles. The lowest BCUT2D eigenvalue weighted by atomic mass is 10.5. The summed E-state index contributed by atoms with van der Waals surface area (Å²) in [5.41, 5.74) is 0. The van der Waals surface area contributed by atoms with Gasteiger partial charge in [0.2, 0.25) is 0 Å². The molecule has 1 aliphatic rings. The Balaban J connectivity index is 2.95. The van der Waals surface area contributed by atoms with Crippen LogP contribution in [0.1, 0.15) is 34.1 Å². The molecule has 0 aromatic heterocycles. The Morgan fingerprint density at radius 3 is 1.73 bits per heavy atom. The Bertz CT molecular complexity index is 414. The Morgan fingerprint density at radius 2 is 1.32 bits per heavy atom. The fourth-order valence-corrected chi connectivity index (χ4v) is 6.34. The Hall–Kier alpha value is 0.220. The van der Waals surface area contributed by atoms with Crippen molar-refractivity contribution < 1.29 is 32.1 Å². The SMILES string of the molecule is CCOP(=O)(OCC)[C@@H]1C[C@H](P(=O)(OCC)OCC)N(C)O1. The standard InChI is InChI=1S/C12H27NO7P2/c1-6-16-21(14,17-7-2)11-10-12(20-13(11)5)22(15,18-8-3)19-9-4/h11-12H,6-10H2,1-5H3/t11-,12+/m0/s1. The lowest BCUT2D eigenvalue weighted by Gasteiger charge is -2.25. The second kappa shape index (κ2) is 8.90. The fraction of sp³-hybridized carbons (Fsp3) is 1.00. The monoisotopic (exact) mass is 359 g/mol. The predicted molar refractivity (Wildman–Crippen MR) is 82.8 cm³/mol. The fourth-order valence-electron chi connectivity index (χ4n) is 2.28. The lowest BCUT2D eigenvalue weighted by Crippen LogP contribution is -2.25. The molecule has 0 aliphatic carbocycles. The van der Waals surface area contributed by atoms with E-state index in [-0.39, 0.29) is 32.8 Å². The van der Waals surface area contributed by atoms with E-state index in [0.29, 0.717) is 0 Å². The number of rotatable bonds is 10. The maximum Gasteiger partial charge on any atom is 0.361 e. The Kier molecular flexibility index (Phi) is 8.20. The van der Waals surface area contributed by atoms with Gasteiger partial charge in [0.05, 0.1) is 26.4 Å². The molecule has 2 atom stereocenters. The quantitative estimate of drug-likeness (QED) is 0.549. The minimum absolute atomic E-state index is 0.186. The first-order valence-corrected chi connectivity index (χ1v) is 10.8. The first kappa shape index (κ1) is 20.3. The van der Waals surface area contributed by atoms with E-state index in [2.05, 4.69) is 0 Å². The molecule has 22 heavy (non-hydrogen) atoms. The van der Waals surface area contributed by atoms with Crippen molar-refractivity contribution in [1.29, 1.82) is 0 Å². The molecule has 0 N–H and O–H groups in total. The van der Waals surface area contributed by atoms with E-state index >= 15 is 0 Å². The van der Waals surface area contributed by atoms with Crippen molar-refractivity contribution in [3.8, 4) is 0 Å². The average molecular weight is 359 g/mol. The van der Waals surface area contributed by atoms with Crippen molar-refractivity contribution in [1.82, 2.24) is 5.06 Å². The first-order valence-electron chi connectivity index (χ1n) is 7.54. The minimum Gasteiger partial charge on any atom is -0.308 e. The smallest absolute Gasteiger partial charge is 0.308 e. The summed E-state index contributed by atoms with van der Waals surface area (Å²) in [6, 6.07) is 0. The van der Waals surface area contributed by atoms with Crippen LogP contribution in [0.5, 0.6) is 0 Å². The first-order chi connectivity index (χ1) is 10.4. The Labute approximate surface area is 132 Å². The number of hydrogen-bond acceptors (Lipinski definition) is 8. The van der Waals surface area contributed by atoms with Crippen molar-refractivity contribution >= 4 is 15.2 Å².